The molecule has 9 heteroatoms. The summed E-state index contributed by atoms with van der Waals surface area (Å²) < 4.78 is 11.1. The van der Waals surface area contributed by atoms with Gasteiger partial charge in [-0.3, -0.25) is 9.89 Å². The second-order valence-corrected chi connectivity index (χ2v) is 9.61. The lowest BCUT2D eigenvalue weighted by Crippen LogP contribution is -2.50. The van der Waals surface area contributed by atoms with Gasteiger partial charge >= 0.3 is 6.09 Å². The van der Waals surface area contributed by atoms with Crippen molar-refractivity contribution in [2.75, 3.05) is 72.6 Å². The zero-order valence-electron chi connectivity index (χ0n) is 19.1. The number of nitrogens with one attached hydrogen (secondary N) is 1. The molecule has 1 unspecified atom stereocenters. The summed E-state index contributed by atoms with van der Waals surface area (Å²) in [5.41, 5.74) is -0.0797. The van der Waals surface area contributed by atoms with Crippen LogP contribution in [0.15, 0.2) is 4.99 Å². The lowest BCUT2D eigenvalue weighted by atomic mass is 9.87. The predicted molar refractivity (Wildman–Crippen MR) is 130 cm³/mol. The van der Waals surface area contributed by atoms with Crippen LogP contribution in [0.4, 0.5) is 4.79 Å². The SMILES string of the molecule is CN=C(NCCCN1CCN(C(=O)OC(C)(C)C)CC1)N1CCC2(CCOC2)C1.I. The maximum absolute atomic E-state index is 12.2. The highest BCUT2D eigenvalue weighted by Crippen LogP contribution is 2.38. The van der Waals surface area contributed by atoms with E-state index in [0.29, 0.717) is 5.41 Å². The maximum atomic E-state index is 12.2. The molecule has 3 aliphatic heterocycles. The number of hydrogen-bond donors (Lipinski definition) is 1. The summed E-state index contributed by atoms with van der Waals surface area (Å²) in [6.07, 6.45) is 3.25. The largest absolute Gasteiger partial charge is 0.444 e. The molecule has 174 valence electrons. The zero-order chi connectivity index (χ0) is 20.9. The third-order valence-corrected chi connectivity index (χ3v) is 6.09. The molecular formula is C21H40IN5O3. The standard InChI is InChI=1S/C21H39N5O3.HI/c1-20(2,3)29-19(27)25-13-11-24(12-14-25)9-5-8-23-18(22-4)26-10-6-21(16-26)7-15-28-17-21;/h5-17H2,1-4H3,(H,22,23);1H. The molecule has 1 amide bonds. The maximum Gasteiger partial charge on any atom is 0.410 e. The number of guanidine groups is 1. The molecule has 30 heavy (non-hydrogen) atoms. The molecule has 0 radical (unpaired) electrons. The van der Waals surface area contributed by atoms with Crippen LogP contribution in [0.2, 0.25) is 0 Å². The fraction of sp³-hybridized carbons (Fsp3) is 0.905. The molecule has 1 N–H and O–H groups in total. The van der Waals surface area contributed by atoms with Crippen LogP contribution in [0.3, 0.4) is 0 Å². The molecule has 0 aromatic rings. The van der Waals surface area contributed by atoms with Gasteiger partial charge in [-0.05, 0) is 46.6 Å². The van der Waals surface area contributed by atoms with Gasteiger partial charge in [0.1, 0.15) is 5.60 Å². The molecule has 1 atom stereocenters. The van der Waals surface area contributed by atoms with Crippen LogP contribution in [-0.4, -0.2) is 105 Å². The number of likely N-dealkylation sites (tertiary alicyclic amines) is 1. The summed E-state index contributed by atoms with van der Waals surface area (Å²) in [5, 5.41) is 3.53. The first kappa shape index (κ1) is 25.5. The Morgan fingerprint density at radius 2 is 1.87 bits per heavy atom. The molecule has 3 saturated heterocycles. The first-order valence-electron chi connectivity index (χ1n) is 11.0. The molecule has 0 aromatic heterocycles. The van der Waals surface area contributed by atoms with Gasteiger partial charge in [0, 0.05) is 64.9 Å². The van der Waals surface area contributed by atoms with Crippen LogP contribution in [0, 0.1) is 5.41 Å². The Morgan fingerprint density at radius 1 is 1.13 bits per heavy atom. The van der Waals surface area contributed by atoms with Gasteiger partial charge in [-0.15, -0.1) is 24.0 Å². The monoisotopic (exact) mass is 537 g/mol. The molecule has 3 aliphatic rings. The fourth-order valence-corrected chi connectivity index (χ4v) is 4.40. The highest BCUT2D eigenvalue weighted by molar-refractivity contribution is 14.0. The van der Waals surface area contributed by atoms with Gasteiger partial charge in [0.15, 0.2) is 5.96 Å². The van der Waals surface area contributed by atoms with Gasteiger partial charge in [0.25, 0.3) is 0 Å². The third kappa shape index (κ3) is 7.12. The molecule has 0 aromatic carbocycles. The van der Waals surface area contributed by atoms with Crippen molar-refractivity contribution in [3.05, 3.63) is 0 Å². The van der Waals surface area contributed by atoms with Crippen LogP contribution >= 0.6 is 24.0 Å². The average molecular weight is 537 g/mol. The van der Waals surface area contributed by atoms with Crippen molar-refractivity contribution in [3.63, 3.8) is 0 Å². The van der Waals surface area contributed by atoms with E-state index in [4.69, 9.17) is 9.47 Å². The second kappa shape index (κ2) is 11.2. The van der Waals surface area contributed by atoms with Crippen molar-refractivity contribution in [1.82, 2.24) is 20.0 Å². The summed E-state index contributed by atoms with van der Waals surface area (Å²) in [6.45, 7) is 14.9. The average Bonchev–Trinajstić information content (AvgIpc) is 3.31. The molecule has 8 nitrogen and oxygen atoms in total. The summed E-state index contributed by atoms with van der Waals surface area (Å²) in [7, 11) is 1.87. The number of aliphatic imine (C=N–C) groups is 1. The van der Waals surface area contributed by atoms with Crippen molar-refractivity contribution >= 4 is 36.0 Å². The van der Waals surface area contributed by atoms with E-state index in [-0.39, 0.29) is 30.1 Å². The van der Waals surface area contributed by atoms with Crippen LogP contribution in [0.1, 0.15) is 40.0 Å². The Hall–Kier alpha value is -0.810. The Kier molecular flexibility index (Phi) is 9.48. The topological polar surface area (TPSA) is 69.6 Å². The summed E-state index contributed by atoms with van der Waals surface area (Å²) in [6, 6.07) is 0. The lowest BCUT2D eigenvalue weighted by molar-refractivity contribution is 0.0145. The van der Waals surface area contributed by atoms with Crippen molar-refractivity contribution in [2.24, 2.45) is 10.4 Å². The molecule has 3 fully saturated rings. The van der Waals surface area contributed by atoms with E-state index < -0.39 is 5.60 Å². The number of nitrogens with zero attached hydrogens (tertiary/aromatic N) is 4. The van der Waals surface area contributed by atoms with E-state index >= 15 is 0 Å². The van der Waals surface area contributed by atoms with Gasteiger partial charge in [-0.2, -0.15) is 0 Å². The van der Waals surface area contributed by atoms with Crippen molar-refractivity contribution in [1.29, 1.82) is 0 Å². The van der Waals surface area contributed by atoms with Gasteiger partial charge in [-0.1, -0.05) is 0 Å². The summed E-state index contributed by atoms with van der Waals surface area (Å²) in [4.78, 5) is 23.3. The van der Waals surface area contributed by atoms with E-state index in [1.165, 1.54) is 12.8 Å². The third-order valence-electron chi connectivity index (χ3n) is 6.09. The minimum absolute atomic E-state index is 0. The molecule has 0 saturated carbocycles. The number of carbonyl (C=O) groups excluding carboxylic acids is 1. The second-order valence-electron chi connectivity index (χ2n) is 9.61. The quantitative estimate of drug-likeness (QED) is 0.257. The minimum Gasteiger partial charge on any atom is -0.444 e. The summed E-state index contributed by atoms with van der Waals surface area (Å²) >= 11 is 0. The van der Waals surface area contributed by atoms with Crippen LogP contribution in [0.5, 0.6) is 0 Å². The van der Waals surface area contributed by atoms with Gasteiger partial charge in [0.2, 0.25) is 0 Å². The molecule has 1 spiro atoms. The van der Waals surface area contributed by atoms with Gasteiger partial charge in [-0.25, -0.2) is 4.79 Å². The Balaban J connectivity index is 0.00000320. The summed E-state index contributed by atoms with van der Waals surface area (Å²) in [5.74, 6) is 1.02. The van der Waals surface area contributed by atoms with Gasteiger partial charge < -0.3 is 24.6 Å². The predicted octanol–water partition coefficient (Wildman–Crippen LogP) is 2.23. The van der Waals surface area contributed by atoms with E-state index in [1.807, 2.05) is 32.7 Å². The molecular weight excluding hydrogens is 497 g/mol. The Bertz CT molecular complexity index is 582. The van der Waals surface area contributed by atoms with E-state index in [1.54, 1.807) is 0 Å². The molecule has 0 aliphatic carbocycles. The number of amides is 1. The van der Waals surface area contributed by atoms with Crippen molar-refractivity contribution < 1.29 is 14.3 Å². The van der Waals surface area contributed by atoms with Crippen molar-refractivity contribution in [2.45, 2.75) is 45.6 Å². The molecule has 3 rings (SSSR count). The fourth-order valence-electron chi connectivity index (χ4n) is 4.40. The number of piperazine rings is 1. The molecule has 0 bridgehead atoms. The first-order valence-corrected chi connectivity index (χ1v) is 11.0. The number of hydrogen-bond acceptors (Lipinski definition) is 5. The van der Waals surface area contributed by atoms with Crippen LogP contribution in [0.25, 0.3) is 0 Å². The number of ether oxygens (including phenoxy) is 2. The number of carbonyl (C=O) groups is 1. The first-order chi connectivity index (χ1) is 13.8. The minimum atomic E-state index is -0.432. The van der Waals surface area contributed by atoms with Crippen LogP contribution < -0.4 is 5.32 Å². The van der Waals surface area contributed by atoms with Crippen molar-refractivity contribution in [3.8, 4) is 0 Å². The highest BCUT2D eigenvalue weighted by Gasteiger charge is 2.42. The van der Waals surface area contributed by atoms with E-state index in [2.05, 4.69) is 20.1 Å². The van der Waals surface area contributed by atoms with Gasteiger partial charge in [0.05, 0.1) is 6.61 Å². The smallest absolute Gasteiger partial charge is 0.410 e. The Morgan fingerprint density at radius 3 is 2.47 bits per heavy atom. The van der Waals surface area contributed by atoms with E-state index in [0.717, 1.165) is 78.0 Å². The Labute approximate surface area is 198 Å². The van der Waals surface area contributed by atoms with Crippen LogP contribution in [-0.2, 0) is 9.47 Å². The van der Waals surface area contributed by atoms with E-state index in [9.17, 15) is 4.79 Å². The number of rotatable bonds is 4. The highest BCUT2D eigenvalue weighted by atomic mass is 127. The number of halogens is 1. The zero-order valence-corrected chi connectivity index (χ0v) is 21.4. The lowest BCUT2D eigenvalue weighted by Gasteiger charge is -2.35. The molecule has 3 heterocycles. The normalized spacial score (nSPS) is 25.5.